The monoisotopic (exact) mass is 466 g/mol. The Morgan fingerprint density at radius 1 is 1.12 bits per heavy atom. The van der Waals surface area contributed by atoms with Crippen molar-refractivity contribution in [2.24, 2.45) is 0 Å². The summed E-state index contributed by atoms with van der Waals surface area (Å²) in [5.74, 6) is -1.42. The molecule has 1 heterocycles. The maximum absolute atomic E-state index is 14.2. The first-order valence-electron chi connectivity index (χ1n) is 10.1. The molecular weight excluding hydrogens is 443 g/mol. The van der Waals surface area contributed by atoms with Crippen LogP contribution in [0.5, 0.6) is 0 Å². The normalized spacial score (nSPS) is 11.8. The lowest BCUT2D eigenvalue weighted by Gasteiger charge is -2.18. The molecule has 3 amide bonds. The minimum atomic E-state index is -0.532. The minimum Gasteiger partial charge on any atom is -0.346 e. The van der Waals surface area contributed by atoms with Gasteiger partial charge in [-0.25, -0.2) is 9.37 Å². The number of nitrogens with zero attached hydrogens (tertiary/aromatic N) is 2. The van der Waals surface area contributed by atoms with Crippen molar-refractivity contribution in [2.75, 3.05) is 10.2 Å². The van der Waals surface area contributed by atoms with Crippen LogP contribution in [0.1, 0.15) is 38.1 Å². The van der Waals surface area contributed by atoms with E-state index in [-0.39, 0.29) is 29.5 Å². The van der Waals surface area contributed by atoms with E-state index in [2.05, 4.69) is 15.6 Å². The molecule has 33 heavy (non-hydrogen) atoms. The number of thiazole rings is 1. The molecule has 0 spiro atoms. The average molecular weight is 467 g/mol. The van der Waals surface area contributed by atoms with E-state index in [4.69, 9.17) is 0 Å². The molecule has 9 heteroatoms. The van der Waals surface area contributed by atoms with E-state index in [1.807, 2.05) is 13.0 Å². The number of rotatable bonds is 7. The highest BCUT2D eigenvalue weighted by Gasteiger charge is 2.20. The smallest absolute Gasteiger partial charge is 0.244 e. The van der Waals surface area contributed by atoms with Gasteiger partial charge in [-0.1, -0.05) is 24.3 Å². The van der Waals surface area contributed by atoms with Crippen molar-refractivity contribution in [3.05, 3.63) is 77.1 Å². The molecule has 0 saturated carbocycles. The largest absolute Gasteiger partial charge is 0.346 e. The Morgan fingerprint density at radius 3 is 2.58 bits per heavy atom. The molecule has 1 unspecified atom stereocenters. The molecule has 3 rings (SSSR count). The molecule has 0 bridgehead atoms. The number of anilines is 3. The number of halogens is 1. The van der Waals surface area contributed by atoms with Crippen LogP contribution >= 0.6 is 11.3 Å². The summed E-state index contributed by atoms with van der Waals surface area (Å²) in [6.45, 7) is 4.59. The van der Waals surface area contributed by atoms with Gasteiger partial charge in [0, 0.05) is 31.0 Å². The van der Waals surface area contributed by atoms with Crippen LogP contribution in [-0.4, -0.2) is 22.7 Å². The standard InChI is InChI=1S/C24H23FN4O3S/c1-15(18-7-6-8-19(13-18)27-16(2)30)26-23(32)12-11-20-14-33-24(28-20)29(17(3)31)22-10-5-4-9-21(22)25/h4-15H,1-3H3,(H,26,32)(H,27,30)/b12-11+. The number of amides is 3. The van der Waals surface area contributed by atoms with Gasteiger partial charge in [0.25, 0.3) is 0 Å². The summed E-state index contributed by atoms with van der Waals surface area (Å²) in [6, 6.07) is 12.9. The van der Waals surface area contributed by atoms with Crippen molar-refractivity contribution in [1.82, 2.24) is 10.3 Å². The maximum Gasteiger partial charge on any atom is 0.244 e. The van der Waals surface area contributed by atoms with Crippen LogP contribution in [0, 0.1) is 5.82 Å². The van der Waals surface area contributed by atoms with Gasteiger partial charge in [-0.15, -0.1) is 11.3 Å². The first-order valence-corrected chi connectivity index (χ1v) is 11.0. The molecule has 0 aliphatic carbocycles. The number of aromatic nitrogens is 1. The number of para-hydroxylation sites is 1. The summed E-state index contributed by atoms with van der Waals surface area (Å²) in [6.07, 6.45) is 2.86. The van der Waals surface area contributed by atoms with Crippen molar-refractivity contribution in [1.29, 1.82) is 0 Å². The first kappa shape index (κ1) is 23.8. The second-order valence-corrected chi connectivity index (χ2v) is 8.07. The highest BCUT2D eigenvalue weighted by molar-refractivity contribution is 7.14. The molecule has 7 nitrogen and oxygen atoms in total. The highest BCUT2D eigenvalue weighted by Crippen LogP contribution is 2.31. The molecule has 2 aromatic carbocycles. The zero-order valence-electron chi connectivity index (χ0n) is 18.3. The second kappa shape index (κ2) is 10.6. The lowest BCUT2D eigenvalue weighted by Crippen LogP contribution is -2.24. The summed E-state index contributed by atoms with van der Waals surface area (Å²) >= 11 is 1.17. The van der Waals surface area contributed by atoms with Gasteiger partial charge in [0.1, 0.15) is 5.82 Å². The van der Waals surface area contributed by atoms with Gasteiger partial charge >= 0.3 is 0 Å². The maximum atomic E-state index is 14.2. The highest BCUT2D eigenvalue weighted by atomic mass is 32.1. The summed E-state index contributed by atoms with van der Waals surface area (Å²) in [5.41, 5.74) is 2.06. The van der Waals surface area contributed by atoms with E-state index in [0.29, 0.717) is 16.5 Å². The van der Waals surface area contributed by atoms with Gasteiger partial charge in [0.15, 0.2) is 5.13 Å². The summed E-state index contributed by atoms with van der Waals surface area (Å²) in [4.78, 5) is 41.3. The fourth-order valence-electron chi connectivity index (χ4n) is 3.09. The van der Waals surface area contributed by atoms with Crippen LogP contribution < -0.4 is 15.5 Å². The number of nitrogens with one attached hydrogen (secondary N) is 2. The van der Waals surface area contributed by atoms with Crippen LogP contribution in [0.2, 0.25) is 0 Å². The zero-order valence-corrected chi connectivity index (χ0v) is 19.2. The molecular formula is C24H23FN4O3S. The van der Waals surface area contributed by atoms with Gasteiger partial charge in [0.2, 0.25) is 17.7 Å². The van der Waals surface area contributed by atoms with Crippen LogP contribution in [0.25, 0.3) is 6.08 Å². The van der Waals surface area contributed by atoms with Crippen molar-refractivity contribution >= 4 is 51.6 Å². The van der Waals surface area contributed by atoms with Crippen LogP contribution in [0.15, 0.2) is 60.0 Å². The zero-order chi connectivity index (χ0) is 24.0. The number of carbonyl (C=O) groups is 3. The van der Waals surface area contributed by atoms with E-state index >= 15 is 0 Å². The van der Waals surface area contributed by atoms with Crippen molar-refractivity contribution < 1.29 is 18.8 Å². The predicted octanol–water partition coefficient (Wildman–Crippen LogP) is 4.82. The lowest BCUT2D eigenvalue weighted by atomic mass is 10.1. The topological polar surface area (TPSA) is 91.4 Å². The Balaban J connectivity index is 1.68. The summed E-state index contributed by atoms with van der Waals surface area (Å²) in [5, 5.41) is 7.54. The van der Waals surface area contributed by atoms with Crippen molar-refractivity contribution in [2.45, 2.75) is 26.8 Å². The molecule has 0 radical (unpaired) electrons. The van der Waals surface area contributed by atoms with Crippen LogP contribution in [-0.2, 0) is 14.4 Å². The van der Waals surface area contributed by atoms with Crippen LogP contribution in [0.4, 0.5) is 20.9 Å². The Hall–Kier alpha value is -3.85. The van der Waals surface area contributed by atoms with Gasteiger partial charge in [0.05, 0.1) is 17.4 Å². The number of carbonyl (C=O) groups excluding carboxylic acids is 3. The third-order valence-corrected chi connectivity index (χ3v) is 5.42. The molecule has 0 saturated heterocycles. The van der Waals surface area contributed by atoms with Crippen LogP contribution in [0.3, 0.4) is 0 Å². The van der Waals surface area contributed by atoms with Crippen molar-refractivity contribution in [3.63, 3.8) is 0 Å². The Morgan fingerprint density at radius 2 is 1.88 bits per heavy atom. The SMILES string of the molecule is CC(=O)Nc1cccc(C(C)NC(=O)/C=C/c2csc(N(C(C)=O)c3ccccc3F)n2)c1. The molecule has 170 valence electrons. The second-order valence-electron chi connectivity index (χ2n) is 7.23. The Kier molecular flexibility index (Phi) is 7.68. The third kappa shape index (κ3) is 6.33. The van der Waals surface area contributed by atoms with Gasteiger partial charge < -0.3 is 10.6 Å². The average Bonchev–Trinajstić information content (AvgIpc) is 3.22. The molecule has 3 aromatic rings. The molecule has 0 aliphatic rings. The first-order chi connectivity index (χ1) is 15.7. The predicted molar refractivity (Wildman–Crippen MR) is 128 cm³/mol. The van der Waals surface area contributed by atoms with E-state index in [9.17, 15) is 18.8 Å². The number of hydrogen-bond donors (Lipinski definition) is 2. The molecule has 0 aliphatic heterocycles. The Bertz CT molecular complexity index is 1210. The van der Waals surface area contributed by atoms with Gasteiger partial charge in [-0.2, -0.15) is 0 Å². The molecule has 1 aromatic heterocycles. The summed E-state index contributed by atoms with van der Waals surface area (Å²) in [7, 11) is 0. The third-order valence-electron chi connectivity index (χ3n) is 4.58. The van der Waals surface area contributed by atoms with E-state index in [0.717, 1.165) is 5.56 Å². The fraction of sp³-hybridized carbons (Fsp3) is 0.167. The fourth-order valence-corrected chi connectivity index (χ4v) is 3.94. The van der Waals surface area contributed by atoms with E-state index < -0.39 is 5.82 Å². The van der Waals surface area contributed by atoms with Crippen molar-refractivity contribution in [3.8, 4) is 0 Å². The van der Waals surface area contributed by atoms with E-state index in [1.165, 1.54) is 54.4 Å². The lowest BCUT2D eigenvalue weighted by molar-refractivity contribution is -0.117. The molecule has 1 atom stereocenters. The Labute approximate surface area is 195 Å². The van der Waals surface area contributed by atoms with E-state index in [1.54, 1.807) is 35.7 Å². The molecule has 0 fully saturated rings. The van der Waals surface area contributed by atoms with Gasteiger partial charge in [-0.3, -0.25) is 19.3 Å². The number of hydrogen-bond acceptors (Lipinski definition) is 5. The van der Waals surface area contributed by atoms with Gasteiger partial charge in [-0.05, 0) is 42.8 Å². The number of benzene rings is 2. The molecule has 2 N–H and O–H groups in total. The minimum absolute atomic E-state index is 0.114. The quantitative estimate of drug-likeness (QED) is 0.489. The summed E-state index contributed by atoms with van der Waals surface area (Å²) < 4.78 is 14.2.